The third-order valence-electron chi connectivity index (χ3n) is 4.70. The molecule has 2 aliphatic rings. The Kier molecular flexibility index (Phi) is 4.01. The van der Waals surface area contributed by atoms with Crippen molar-refractivity contribution in [3.8, 4) is 0 Å². The van der Waals surface area contributed by atoms with Gasteiger partial charge in [0.2, 0.25) is 0 Å². The molecule has 1 N–H and O–H groups in total. The highest BCUT2D eigenvalue weighted by Crippen LogP contribution is 2.53. The summed E-state index contributed by atoms with van der Waals surface area (Å²) in [6, 6.07) is 9.57. The first-order valence-corrected chi connectivity index (χ1v) is 8.93. The number of rotatable bonds is 1. The third kappa shape index (κ3) is 2.55. The van der Waals surface area contributed by atoms with E-state index in [9.17, 15) is 0 Å². The molecule has 0 spiro atoms. The zero-order valence-corrected chi connectivity index (χ0v) is 15.0. The van der Waals surface area contributed by atoms with Gasteiger partial charge in [0.15, 0.2) is 0 Å². The fourth-order valence-electron chi connectivity index (χ4n) is 3.71. The molecule has 23 heavy (non-hydrogen) atoms. The first kappa shape index (κ1) is 15.7. The highest BCUT2D eigenvalue weighted by atomic mass is 35.5. The summed E-state index contributed by atoms with van der Waals surface area (Å²) in [5.41, 5.74) is 3.10. The molecule has 2 aromatic rings. The number of hydrogen-bond acceptors (Lipinski definition) is 1. The summed E-state index contributed by atoms with van der Waals surface area (Å²) in [6.07, 6.45) is 5.42. The van der Waals surface area contributed by atoms with Crippen LogP contribution in [-0.4, -0.2) is 0 Å². The smallest absolute Gasteiger partial charge is 0.0645 e. The lowest BCUT2D eigenvalue weighted by Gasteiger charge is -2.38. The molecule has 2 aromatic carbocycles. The molecule has 0 saturated carbocycles. The molecule has 0 unspecified atom stereocenters. The second-order valence-corrected chi connectivity index (χ2v) is 7.60. The lowest BCUT2D eigenvalue weighted by molar-refractivity contribution is 0.426. The Morgan fingerprint density at radius 1 is 1.00 bits per heavy atom. The molecule has 118 valence electrons. The van der Waals surface area contributed by atoms with E-state index >= 15 is 0 Å². The van der Waals surface area contributed by atoms with Gasteiger partial charge in [0.1, 0.15) is 0 Å². The zero-order valence-electron chi connectivity index (χ0n) is 12.0. The quantitative estimate of drug-likeness (QED) is 0.515. The molecule has 1 nitrogen and oxygen atoms in total. The maximum Gasteiger partial charge on any atom is 0.0645 e. The van der Waals surface area contributed by atoms with Crippen LogP contribution in [0.25, 0.3) is 0 Å². The minimum Gasteiger partial charge on any atom is -0.378 e. The van der Waals surface area contributed by atoms with Gasteiger partial charge in [-0.1, -0.05) is 70.7 Å². The second-order valence-electron chi connectivity index (χ2n) is 5.97. The molecule has 0 bridgehead atoms. The molecule has 4 rings (SSSR count). The van der Waals surface area contributed by atoms with Crippen molar-refractivity contribution in [1.29, 1.82) is 0 Å². The fourth-order valence-corrected chi connectivity index (χ4v) is 4.76. The Hall–Kier alpha value is -0.860. The molecule has 0 aromatic heterocycles. The van der Waals surface area contributed by atoms with E-state index in [0.29, 0.717) is 26.0 Å². The molecular formula is C18H13Cl4N. The topological polar surface area (TPSA) is 12.0 Å². The summed E-state index contributed by atoms with van der Waals surface area (Å²) < 4.78 is 0. The zero-order chi connectivity index (χ0) is 16.1. The van der Waals surface area contributed by atoms with Gasteiger partial charge in [0.25, 0.3) is 0 Å². The number of hydrogen-bond donors (Lipinski definition) is 1. The van der Waals surface area contributed by atoms with E-state index < -0.39 is 0 Å². The van der Waals surface area contributed by atoms with Gasteiger partial charge in [-0.2, -0.15) is 0 Å². The molecular weight excluding hydrogens is 372 g/mol. The molecule has 3 atom stereocenters. The van der Waals surface area contributed by atoms with E-state index in [2.05, 4.69) is 17.5 Å². The SMILES string of the molecule is Clc1cc(Cl)c2c(c1)N[C@H](c1cccc(Cl)c1Cl)[C@@H]1CC=C[C@@H]21. The molecule has 0 radical (unpaired) electrons. The van der Waals surface area contributed by atoms with Crippen LogP contribution in [0, 0.1) is 5.92 Å². The van der Waals surface area contributed by atoms with Gasteiger partial charge in [-0.05, 0) is 36.1 Å². The van der Waals surface area contributed by atoms with E-state index in [4.69, 9.17) is 46.4 Å². The molecule has 1 aliphatic heterocycles. The standard InChI is InChI=1S/C18H13Cl4N/c19-9-7-14(21)16-10-3-1-4-11(10)18(23-15(16)8-9)12-5-2-6-13(20)17(12)22/h1-3,5-8,10-11,18,23H,4H2/t10-,11-,18+/m1/s1. The van der Waals surface area contributed by atoms with Gasteiger partial charge in [0, 0.05) is 27.2 Å². The first-order chi connectivity index (χ1) is 11.1. The first-order valence-electron chi connectivity index (χ1n) is 7.42. The Bertz CT molecular complexity index is 815. The molecule has 5 heteroatoms. The summed E-state index contributed by atoms with van der Waals surface area (Å²) >= 11 is 25.3. The van der Waals surface area contributed by atoms with Gasteiger partial charge in [-0.25, -0.2) is 0 Å². The van der Waals surface area contributed by atoms with Crippen molar-refractivity contribution in [3.05, 3.63) is 73.7 Å². The van der Waals surface area contributed by atoms with E-state index in [1.165, 1.54) is 0 Å². The number of fused-ring (bicyclic) bond motifs is 3. The number of nitrogens with one attached hydrogen (secondary N) is 1. The lowest BCUT2D eigenvalue weighted by Crippen LogP contribution is -2.29. The molecule has 1 heterocycles. The van der Waals surface area contributed by atoms with Gasteiger partial charge in [-0.3, -0.25) is 0 Å². The third-order valence-corrected chi connectivity index (χ3v) is 6.06. The van der Waals surface area contributed by atoms with Crippen molar-refractivity contribution < 1.29 is 0 Å². The Morgan fingerprint density at radius 2 is 1.83 bits per heavy atom. The summed E-state index contributed by atoms with van der Waals surface area (Å²) in [5.74, 6) is 0.619. The number of anilines is 1. The second kappa shape index (κ2) is 5.89. The maximum atomic E-state index is 6.46. The van der Waals surface area contributed by atoms with E-state index in [1.54, 1.807) is 6.07 Å². The van der Waals surface area contributed by atoms with Crippen LogP contribution in [0.5, 0.6) is 0 Å². The summed E-state index contributed by atoms with van der Waals surface area (Å²) in [6.45, 7) is 0. The molecule has 1 aliphatic carbocycles. The van der Waals surface area contributed by atoms with E-state index in [-0.39, 0.29) is 12.0 Å². The highest BCUT2D eigenvalue weighted by molar-refractivity contribution is 6.42. The average Bonchev–Trinajstić information content (AvgIpc) is 2.98. The highest BCUT2D eigenvalue weighted by Gasteiger charge is 2.40. The normalized spacial score (nSPS) is 25.0. The number of allylic oxidation sites excluding steroid dienone is 2. The van der Waals surface area contributed by atoms with Crippen molar-refractivity contribution in [1.82, 2.24) is 0 Å². The van der Waals surface area contributed by atoms with Crippen molar-refractivity contribution in [2.75, 3.05) is 5.32 Å². The minimum atomic E-state index is 0.0724. The van der Waals surface area contributed by atoms with Gasteiger partial charge in [0.05, 0.1) is 16.1 Å². The fraction of sp³-hybridized carbons (Fsp3) is 0.222. The van der Waals surface area contributed by atoms with Crippen molar-refractivity contribution in [2.45, 2.75) is 18.4 Å². The summed E-state index contributed by atoms with van der Waals surface area (Å²) in [5, 5.41) is 6.09. The van der Waals surface area contributed by atoms with Crippen molar-refractivity contribution in [2.24, 2.45) is 5.92 Å². The van der Waals surface area contributed by atoms with Crippen LogP contribution < -0.4 is 5.32 Å². The van der Waals surface area contributed by atoms with Gasteiger partial charge < -0.3 is 5.32 Å². The van der Waals surface area contributed by atoms with Crippen LogP contribution >= 0.6 is 46.4 Å². The summed E-state index contributed by atoms with van der Waals surface area (Å²) in [7, 11) is 0. The van der Waals surface area contributed by atoms with Crippen molar-refractivity contribution in [3.63, 3.8) is 0 Å². The average molecular weight is 385 g/mol. The predicted molar refractivity (Wildman–Crippen MR) is 99.3 cm³/mol. The minimum absolute atomic E-state index is 0.0724. The monoisotopic (exact) mass is 383 g/mol. The van der Waals surface area contributed by atoms with Crippen LogP contribution in [-0.2, 0) is 0 Å². The largest absolute Gasteiger partial charge is 0.378 e. The number of halogens is 4. The number of benzene rings is 2. The maximum absolute atomic E-state index is 6.46. The van der Waals surface area contributed by atoms with Crippen molar-refractivity contribution >= 4 is 52.1 Å². The Labute approximate surface area is 155 Å². The molecule has 0 fully saturated rings. The van der Waals surface area contributed by atoms with Gasteiger partial charge in [-0.15, -0.1) is 0 Å². The summed E-state index contributed by atoms with van der Waals surface area (Å²) in [4.78, 5) is 0. The van der Waals surface area contributed by atoms with E-state index in [0.717, 1.165) is 23.2 Å². The van der Waals surface area contributed by atoms with Crippen LogP contribution in [0.3, 0.4) is 0 Å². The molecule has 0 amide bonds. The van der Waals surface area contributed by atoms with Crippen LogP contribution in [0.4, 0.5) is 5.69 Å². The van der Waals surface area contributed by atoms with Gasteiger partial charge >= 0.3 is 0 Å². The Balaban J connectivity index is 1.86. The molecule has 0 saturated heterocycles. The van der Waals surface area contributed by atoms with Crippen LogP contribution in [0.2, 0.25) is 20.1 Å². The van der Waals surface area contributed by atoms with Crippen LogP contribution in [0.1, 0.15) is 29.5 Å². The Morgan fingerprint density at radius 3 is 2.65 bits per heavy atom. The van der Waals surface area contributed by atoms with E-state index in [1.807, 2.05) is 24.3 Å². The predicted octanol–water partition coefficient (Wildman–Crippen LogP) is 7.13. The lowest BCUT2D eigenvalue weighted by atomic mass is 9.77. The van der Waals surface area contributed by atoms with Crippen LogP contribution in [0.15, 0.2) is 42.5 Å².